The van der Waals surface area contributed by atoms with Crippen LogP contribution in [0.1, 0.15) is 38.9 Å². The number of hydrogen-bond donors (Lipinski definition) is 1. The lowest BCUT2D eigenvalue weighted by atomic mass is 10.2. The van der Waals surface area contributed by atoms with E-state index in [1.807, 2.05) is 12.3 Å². The monoisotopic (exact) mass is 246 g/mol. The molecule has 6 nitrogen and oxygen atoms in total. The Labute approximate surface area is 106 Å². The average molecular weight is 246 g/mol. The summed E-state index contributed by atoms with van der Waals surface area (Å²) in [6.45, 7) is 7.07. The van der Waals surface area contributed by atoms with Gasteiger partial charge in [-0.2, -0.15) is 20.1 Å². The predicted octanol–water partition coefficient (Wildman–Crippen LogP) is 2.00. The van der Waals surface area contributed by atoms with Crippen LogP contribution in [-0.4, -0.2) is 31.3 Å². The molecule has 0 saturated heterocycles. The SMILES string of the molecule is CCCNc1nc(C(C)C)nc(-n2cccn2)n1. The van der Waals surface area contributed by atoms with Crippen molar-refractivity contribution in [3.8, 4) is 5.95 Å². The van der Waals surface area contributed by atoms with Gasteiger partial charge in [-0.15, -0.1) is 0 Å². The zero-order valence-electron chi connectivity index (χ0n) is 11.0. The van der Waals surface area contributed by atoms with Crippen LogP contribution in [0.2, 0.25) is 0 Å². The summed E-state index contributed by atoms with van der Waals surface area (Å²) in [5, 5.41) is 7.33. The third-order valence-corrected chi connectivity index (χ3v) is 2.40. The Balaban J connectivity index is 2.36. The fraction of sp³-hybridized carbons (Fsp3) is 0.500. The largest absolute Gasteiger partial charge is 0.354 e. The Bertz CT molecular complexity index is 491. The number of hydrogen-bond acceptors (Lipinski definition) is 5. The Morgan fingerprint density at radius 2 is 2.11 bits per heavy atom. The number of anilines is 1. The van der Waals surface area contributed by atoms with Crippen LogP contribution in [0.15, 0.2) is 18.5 Å². The van der Waals surface area contributed by atoms with Crippen LogP contribution in [0, 0.1) is 0 Å². The predicted molar refractivity (Wildman–Crippen MR) is 69.8 cm³/mol. The van der Waals surface area contributed by atoms with E-state index in [1.165, 1.54) is 0 Å². The molecule has 0 radical (unpaired) electrons. The summed E-state index contributed by atoms with van der Waals surface area (Å²) in [7, 11) is 0. The molecule has 18 heavy (non-hydrogen) atoms. The molecule has 0 unspecified atom stereocenters. The Morgan fingerprint density at radius 3 is 2.72 bits per heavy atom. The summed E-state index contributed by atoms with van der Waals surface area (Å²) < 4.78 is 1.64. The molecule has 0 fully saturated rings. The maximum absolute atomic E-state index is 4.42. The number of aromatic nitrogens is 5. The second kappa shape index (κ2) is 5.57. The first kappa shape index (κ1) is 12.5. The van der Waals surface area contributed by atoms with Gasteiger partial charge in [0.25, 0.3) is 5.95 Å². The highest BCUT2D eigenvalue weighted by Gasteiger charge is 2.10. The summed E-state index contributed by atoms with van der Waals surface area (Å²) in [5.74, 6) is 2.19. The zero-order valence-corrected chi connectivity index (χ0v) is 11.0. The lowest BCUT2D eigenvalue weighted by Gasteiger charge is -2.09. The van der Waals surface area contributed by atoms with Gasteiger partial charge in [0, 0.05) is 24.9 Å². The maximum Gasteiger partial charge on any atom is 0.255 e. The fourth-order valence-corrected chi connectivity index (χ4v) is 1.44. The van der Waals surface area contributed by atoms with Crippen molar-refractivity contribution in [2.75, 3.05) is 11.9 Å². The van der Waals surface area contributed by atoms with Crippen molar-refractivity contribution in [1.82, 2.24) is 24.7 Å². The molecular weight excluding hydrogens is 228 g/mol. The molecule has 2 aromatic heterocycles. The molecule has 1 N–H and O–H groups in total. The van der Waals surface area contributed by atoms with E-state index < -0.39 is 0 Å². The molecule has 0 aliphatic heterocycles. The Morgan fingerprint density at radius 1 is 1.28 bits per heavy atom. The minimum Gasteiger partial charge on any atom is -0.354 e. The lowest BCUT2D eigenvalue weighted by Crippen LogP contribution is -2.13. The van der Waals surface area contributed by atoms with Crippen molar-refractivity contribution in [1.29, 1.82) is 0 Å². The van der Waals surface area contributed by atoms with Gasteiger partial charge >= 0.3 is 0 Å². The molecule has 0 saturated carbocycles. The number of nitrogens with zero attached hydrogens (tertiary/aromatic N) is 5. The summed E-state index contributed by atoms with van der Waals surface area (Å²) in [6.07, 6.45) is 4.56. The van der Waals surface area contributed by atoms with Crippen LogP contribution in [0.3, 0.4) is 0 Å². The lowest BCUT2D eigenvalue weighted by molar-refractivity contribution is 0.718. The normalized spacial score (nSPS) is 10.9. The molecular formula is C12H18N6. The van der Waals surface area contributed by atoms with Gasteiger partial charge in [-0.25, -0.2) is 4.68 Å². The first-order valence-corrected chi connectivity index (χ1v) is 6.20. The van der Waals surface area contributed by atoms with Gasteiger partial charge in [-0.3, -0.25) is 0 Å². The van der Waals surface area contributed by atoms with Gasteiger partial charge in [-0.1, -0.05) is 20.8 Å². The van der Waals surface area contributed by atoms with E-state index in [2.05, 4.69) is 46.1 Å². The van der Waals surface area contributed by atoms with Crippen LogP contribution >= 0.6 is 0 Å². The second-order valence-corrected chi connectivity index (χ2v) is 4.35. The van der Waals surface area contributed by atoms with Crippen molar-refractivity contribution >= 4 is 5.95 Å². The molecule has 6 heteroatoms. The molecule has 0 amide bonds. The highest BCUT2D eigenvalue weighted by Crippen LogP contribution is 2.12. The summed E-state index contributed by atoms with van der Waals surface area (Å²) in [5.41, 5.74) is 0. The van der Waals surface area contributed by atoms with E-state index in [4.69, 9.17) is 0 Å². The molecule has 0 spiro atoms. The zero-order chi connectivity index (χ0) is 13.0. The summed E-state index contributed by atoms with van der Waals surface area (Å²) in [6, 6.07) is 1.85. The van der Waals surface area contributed by atoms with Gasteiger partial charge in [0.05, 0.1) is 0 Å². The Kier molecular flexibility index (Phi) is 3.86. The average Bonchev–Trinajstić information content (AvgIpc) is 2.89. The fourth-order valence-electron chi connectivity index (χ4n) is 1.44. The van der Waals surface area contributed by atoms with E-state index >= 15 is 0 Å². The van der Waals surface area contributed by atoms with Gasteiger partial charge in [0.2, 0.25) is 5.95 Å². The minimum atomic E-state index is 0.254. The standard InChI is InChI=1S/C12H18N6/c1-4-6-13-11-15-10(9(2)3)16-12(17-11)18-8-5-7-14-18/h5,7-9H,4,6H2,1-3H3,(H,13,15,16,17). The number of rotatable bonds is 5. The maximum atomic E-state index is 4.42. The minimum absolute atomic E-state index is 0.254. The molecule has 0 bridgehead atoms. The van der Waals surface area contributed by atoms with Crippen molar-refractivity contribution < 1.29 is 0 Å². The van der Waals surface area contributed by atoms with Crippen LogP contribution in [0.4, 0.5) is 5.95 Å². The first-order chi connectivity index (χ1) is 8.70. The first-order valence-electron chi connectivity index (χ1n) is 6.20. The smallest absolute Gasteiger partial charge is 0.255 e. The van der Waals surface area contributed by atoms with E-state index in [-0.39, 0.29) is 5.92 Å². The highest BCUT2D eigenvalue weighted by atomic mass is 15.4. The second-order valence-electron chi connectivity index (χ2n) is 4.35. The summed E-state index contributed by atoms with van der Waals surface area (Å²) >= 11 is 0. The molecule has 0 aliphatic rings. The summed E-state index contributed by atoms with van der Waals surface area (Å²) in [4.78, 5) is 13.2. The van der Waals surface area contributed by atoms with E-state index in [0.717, 1.165) is 18.8 Å². The molecule has 0 aliphatic carbocycles. The van der Waals surface area contributed by atoms with E-state index in [1.54, 1.807) is 10.9 Å². The third-order valence-electron chi connectivity index (χ3n) is 2.40. The van der Waals surface area contributed by atoms with Gasteiger partial charge < -0.3 is 5.32 Å². The third kappa shape index (κ3) is 2.82. The highest BCUT2D eigenvalue weighted by molar-refractivity contribution is 5.28. The van der Waals surface area contributed by atoms with Gasteiger partial charge in [0.15, 0.2) is 0 Å². The topological polar surface area (TPSA) is 68.5 Å². The van der Waals surface area contributed by atoms with E-state index in [0.29, 0.717) is 11.9 Å². The quantitative estimate of drug-likeness (QED) is 0.874. The molecule has 2 heterocycles. The number of nitrogens with one attached hydrogen (secondary N) is 1. The van der Waals surface area contributed by atoms with Crippen LogP contribution in [0.5, 0.6) is 0 Å². The Hall–Kier alpha value is -1.98. The molecule has 96 valence electrons. The molecule has 2 rings (SSSR count). The van der Waals surface area contributed by atoms with Crippen molar-refractivity contribution in [2.24, 2.45) is 0 Å². The van der Waals surface area contributed by atoms with Crippen molar-refractivity contribution in [3.63, 3.8) is 0 Å². The van der Waals surface area contributed by atoms with Gasteiger partial charge in [-0.05, 0) is 12.5 Å². The van der Waals surface area contributed by atoms with Crippen LogP contribution in [-0.2, 0) is 0 Å². The van der Waals surface area contributed by atoms with E-state index in [9.17, 15) is 0 Å². The van der Waals surface area contributed by atoms with Gasteiger partial charge in [0.1, 0.15) is 5.82 Å². The van der Waals surface area contributed by atoms with Crippen LogP contribution in [0.25, 0.3) is 5.95 Å². The van der Waals surface area contributed by atoms with Crippen molar-refractivity contribution in [3.05, 3.63) is 24.3 Å². The molecule has 2 aromatic rings. The molecule has 0 atom stereocenters. The van der Waals surface area contributed by atoms with Crippen LogP contribution < -0.4 is 5.32 Å². The van der Waals surface area contributed by atoms with Crippen molar-refractivity contribution in [2.45, 2.75) is 33.1 Å². The molecule has 0 aromatic carbocycles.